The molecule has 0 spiro atoms. The summed E-state index contributed by atoms with van der Waals surface area (Å²) in [6, 6.07) is 8.74. The Morgan fingerprint density at radius 1 is 1.21 bits per heavy atom. The van der Waals surface area contributed by atoms with Crippen molar-refractivity contribution in [3.05, 3.63) is 57.6 Å². The second-order valence-corrected chi connectivity index (χ2v) is 7.47. The number of nitro groups is 1. The van der Waals surface area contributed by atoms with Crippen LogP contribution in [0.4, 0.5) is 11.4 Å². The maximum absolute atomic E-state index is 13.0. The molecule has 0 unspecified atom stereocenters. The highest BCUT2D eigenvalue weighted by Crippen LogP contribution is 2.39. The summed E-state index contributed by atoms with van der Waals surface area (Å²) in [6.45, 7) is 4.10. The third kappa shape index (κ3) is 2.69. The number of nitrogens with zero attached hydrogens (tertiary/aromatic N) is 2. The van der Waals surface area contributed by atoms with Crippen molar-refractivity contribution in [3.8, 4) is 5.75 Å². The number of non-ortho nitro benzene ring substituents is 1. The fourth-order valence-electron chi connectivity index (χ4n) is 2.83. The number of ether oxygens (including phenoxy) is 1. The molecule has 0 aliphatic carbocycles. The molecule has 0 radical (unpaired) electrons. The van der Waals surface area contributed by atoms with Crippen LogP contribution in [0, 0.1) is 24.0 Å². The molecule has 0 amide bonds. The average molecular weight is 348 g/mol. The van der Waals surface area contributed by atoms with Gasteiger partial charge in [-0.15, -0.1) is 0 Å². The summed E-state index contributed by atoms with van der Waals surface area (Å²) in [5.41, 5.74) is 1.98. The number of sulfonamides is 1. The second kappa shape index (κ2) is 5.79. The zero-order chi connectivity index (χ0) is 17.5. The van der Waals surface area contributed by atoms with Gasteiger partial charge in [0.15, 0.2) is 0 Å². The minimum atomic E-state index is -3.92. The highest BCUT2D eigenvalue weighted by atomic mass is 32.2. The highest BCUT2D eigenvalue weighted by Gasteiger charge is 2.32. The summed E-state index contributed by atoms with van der Waals surface area (Å²) in [5, 5.41) is 10.9. The molecule has 8 heteroatoms. The zero-order valence-corrected chi connectivity index (χ0v) is 14.0. The van der Waals surface area contributed by atoms with Crippen molar-refractivity contribution in [1.29, 1.82) is 0 Å². The molecule has 1 aliphatic heterocycles. The van der Waals surface area contributed by atoms with Crippen LogP contribution in [0.25, 0.3) is 0 Å². The number of hydrogen-bond donors (Lipinski definition) is 0. The van der Waals surface area contributed by atoms with E-state index in [4.69, 9.17) is 4.74 Å². The Labute approximate surface area is 139 Å². The molecule has 1 heterocycles. The first-order valence-electron chi connectivity index (χ1n) is 7.32. The van der Waals surface area contributed by atoms with E-state index in [1.807, 2.05) is 19.9 Å². The normalized spacial score (nSPS) is 14.0. The lowest BCUT2D eigenvalue weighted by molar-refractivity contribution is -0.385. The molecule has 24 heavy (non-hydrogen) atoms. The SMILES string of the molecule is Cc1cc(C)c2c(c1)OCCN2S(=O)(=O)c1cccc([N+](=O)[O-])c1. The van der Waals surface area contributed by atoms with E-state index in [0.29, 0.717) is 11.4 Å². The fraction of sp³-hybridized carbons (Fsp3) is 0.250. The van der Waals surface area contributed by atoms with E-state index < -0.39 is 14.9 Å². The van der Waals surface area contributed by atoms with Crippen molar-refractivity contribution >= 4 is 21.4 Å². The van der Waals surface area contributed by atoms with Gasteiger partial charge in [-0.3, -0.25) is 14.4 Å². The maximum atomic E-state index is 13.0. The number of aryl methyl sites for hydroxylation is 2. The van der Waals surface area contributed by atoms with E-state index in [9.17, 15) is 18.5 Å². The van der Waals surface area contributed by atoms with Gasteiger partial charge in [-0.1, -0.05) is 12.1 Å². The quantitative estimate of drug-likeness (QED) is 0.628. The smallest absolute Gasteiger partial charge is 0.270 e. The van der Waals surface area contributed by atoms with Crippen LogP contribution in [0.1, 0.15) is 11.1 Å². The summed E-state index contributed by atoms with van der Waals surface area (Å²) in [4.78, 5) is 10.2. The first kappa shape index (κ1) is 16.3. The molecule has 126 valence electrons. The average Bonchev–Trinajstić information content (AvgIpc) is 2.54. The van der Waals surface area contributed by atoms with Crippen molar-refractivity contribution in [2.45, 2.75) is 18.7 Å². The molecular formula is C16H16N2O5S. The predicted molar refractivity (Wildman–Crippen MR) is 89.0 cm³/mol. The number of anilines is 1. The Balaban J connectivity index is 2.13. The van der Waals surface area contributed by atoms with E-state index in [-0.39, 0.29) is 23.7 Å². The van der Waals surface area contributed by atoms with Crippen molar-refractivity contribution in [1.82, 2.24) is 0 Å². The number of fused-ring (bicyclic) bond motifs is 1. The van der Waals surface area contributed by atoms with E-state index in [1.54, 1.807) is 6.07 Å². The summed E-state index contributed by atoms with van der Waals surface area (Å²) in [7, 11) is -3.92. The second-order valence-electron chi connectivity index (χ2n) is 5.61. The fourth-order valence-corrected chi connectivity index (χ4v) is 4.39. The summed E-state index contributed by atoms with van der Waals surface area (Å²) in [6.07, 6.45) is 0. The topological polar surface area (TPSA) is 89.8 Å². The minimum Gasteiger partial charge on any atom is -0.489 e. The third-order valence-electron chi connectivity index (χ3n) is 3.83. The third-order valence-corrected chi connectivity index (χ3v) is 5.62. The van der Waals surface area contributed by atoms with Gasteiger partial charge in [0.05, 0.1) is 22.1 Å². The van der Waals surface area contributed by atoms with Crippen molar-refractivity contribution in [2.75, 3.05) is 17.5 Å². The van der Waals surface area contributed by atoms with Crippen LogP contribution in [0.15, 0.2) is 41.3 Å². The lowest BCUT2D eigenvalue weighted by atomic mass is 10.1. The van der Waals surface area contributed by atoms with E-state index >= 15 is 0 Å². The number of nitro benzene ring substituents is 1. The molecule has 0 fully saturated rings. The van der Waals surface area contributed by atoms with Crippen LogP contribution in [0.5, 0.6) is 5.75 Å². The number of benzene rings is 2. The highest BCUT2D eigenvalue weighted by molar-refractivity contribution is 7.92. The Kier molecular flexibility index (Phi) is 3.92. The summed E-state index contributed by atoms with van der Waals surface area (Å²) in [5.74, 6) is 0.507. The molecular weight excluding hydrogens is 332 g/mol. The molecule has 0 bridgehead atoms. The number of rotatable bonds is 3. The van der Waals surface area contributed by atoms with Crippen LogP contribution in [0.2, 0.25) is 0 Å². The Hall–Kier alpha value is -2.61. The van der Waals surface area contributed by atoms with Crippen molar-refractivity contribution in [2.24, 2.45) is 0 Å². The van der Waals surface area contributed by atoms with Gasteiger partial charge >= 0.3 is 0 Å². The number of hydrogen-bond acceptors (Lipinski definition) is 5. The molecule has 7 nitrogen and oxygen atoms in total. The molecule has 0 saturated carbocycles. The molecule has 2 aromatic rings. The van der Waals surface area contributed by atoms with Crippen LogP contribution in [-0.2, 0) is 10.0 Å². The maximum Gasteiger partial charge on any atom is 0.270 e. The van der Waals surface area contributed by atoms with Crippen LogP contribution < -0.4 is 9.04 Å². The van der Waals surface area contributed by atoms with E-state index in [0.717, 1.165) is 17.2 Å². The Morgan fingerprint density at radius 2 is 1.96 bits per heavy atom. The molecule has 0 aromatic heterocycles. The molecule has 0 N–H and O–H groups in total. The van der Waals surface area contributed by atoms with Crippen molar-refractivity contribution in [3.63, 3.8) is 0 Å². The largest absolute Gasteiger partial charge is 0.489 e. The van der Waals surface area contributed by atoms with E-state index in [2.05, 4.69) is 0 Å². The van der Waals surface area contributed by atoms with Gasteiger partial charge in [0.25, 0.3) is 15.7 Å². The molecule has 1 aliphatic rings. The first-order chi connectivity index (χ1) is 11.3. The lowest BCUT2D eigenvalue weighted by Crippen LogP contribution is -2.38. The van der Waals surface area contributed by atoms with Gasteiger partial charge < -0.3 is 4.74 Å². The van der Waals surface area contributed by atoms with Gasteiger partial charge in [0, 0.05) is 12.1 Å². The van der Waals surface area contributed by atoms with Gasteiger partial charge in [-0.05, 0) is 37.1 Å². The van der Waals surface area contributed by atoms with Crippen LogP contribution in [0.3, 0.4) is 0 Å². The molecule has 0 saturated heterocycles. The van der Waals surface area contributed by atoms with Gasteiger partial charge in [-0.25, -0.2) is 8.42 Å². The Morgan fingerprint density at radius 3 is 2.67 bits per heavy atom. The standard InChI is InChI=1S/C16H16N2O5S/c1-11-8-12(2)16-15(9-11)23-7-6-17(16)24(21,22)14-5-3-4-13(10-14)18(19)20/h3-5,8-10H,6-7H2,1-2H3. The first-order valence-corrected chi connectivity index (χ1v) is 8.76. The van der Waals surface area contributed by atoms with Crippen LogP contribution in [-0.4, -0.2) is 26.5 Å². The summed E-state index contributed by atoms with van der Waals surface area (Å²) < 4.78 is 32.9. The van der Waals surface area contributed by atoms with Gasteiger partial charge in [0.2, 0.25) is 0 Å². The van der Waals surface area contributed by atoms with Crippen LogP contribution >= 0.6 is 0 Å². The van der Waals surface area contributed by atoms with Crippen molar-refractivity contribution < 1.29 is 18.1 Å². The lowest BCUT2D eigenvalue weighted by Gasteiger charge is -2.32. The van der Waals surface area contributed by atoms with Gasteiger partial charge in [-0.2, -0.15) is 0 Å². The molecule has 3 rings (SSSR count). The monoisotopic (exact) mass is 348 g/mol. The van der Waals surface area contributed by atoms with E-state index in [1.165, 1.54) is 22.5 Å². The minimum absolute atomic E-state index is 0.107. The zero-order valence-electron chi connectivity index (χ0n) is 13.2. The summed E-state index contributed by atoms with van der Waals surface area (Å²) >= 11 is 0. The van der Waals surface area contributed by atoms with Gasteiger partial charge in [0.1, 0.15) is 12.4 Å². The molecule has 0 atom stereocenters. The Bertz CT molecular complexity index is 924. The predicted octanol–water partition coefficient (Wildman–Crippen LogP) is 2.80. The molecule has 2 aromatic carbocycles.